The number of aromatic nitrogens is 3. The molecule has 0 saturated carbocycles. The fourth-order valence-corrected chi connectivity index (χ4v) is 7.97. The number of H-pyrrole nitrogens is 1. The van der Waals surface area contributed by atoms with Crippen molar-refractivity contribution in [3.63, 3.8) is 0 Å². The Labute approximate surface area is 304 Å². The summed E-state index contributed by atoms with van der Waals surface area (Å²) in [7, 11) is 0. The van der Waals surface area contributed by atoms with E-state index in [1.54, 1.807) is 18.2 Å². The van der Waals surface area contributed by atoms with Gasteiger partial charge in [-0.25, -0.2) is 13.2 Å². The molecule has 8 rings (SSSR count). The van der Waals surface area contributed by atoms with Gasteiger partial charge in [-0.1, -0.05) is 36.4 Å². The summed E-state index contributed by atoms with van der Waals surface area (Å²) in [6, 6.07) is 15.6. The minimum atomic E-state index is -0.958. The van der Waals surface area contributed by atoms with Crippen LogP contribution >= 0.6 is 0 Å². The number of rotatable bonds is 12. The Bertz CT molecular complexity index is 2150. The maximum Gasteiger partial charge on any atom is 0.297 e. The highest BCUT2D eigenvalue weighted by Crippen LogP contribution is 2.42. The zero-order valence-electron chi connectivity index (χ0n) is 29.3. The summed E-state index contributed by atoms with van der Waals surface area (Å²) in [5.41, 5.74) is -0.457. The summed E-state index contributed by atoms with van der Waals surface area (Å²) in [6.07, 6.45) is 5.41. The van der Waals surface area contributed by atoms with Crippen LogP contribution < -0.4 is 25.1 Å². The molecular formula is C40H42F3N5O5. The van der Waals surface area contributed by atoms with Crippen molar-refractivity contribution < 1.29 is 32.1 Å². The second-order valence-electron chi connectivity index (χ2n) is 14.2. The zero-order chi connectivity index (χ0) is 36.4. The number of alkyl halides is 1. The first-order valence-electron chi connectivity index (χ1n) is 18.4. The van der Waals surface area contributed by atoms with Gasteiger partial charge in [0, 0.05) is 36.7 Å². The predicted molar refractivity (Wildman–Crippen MR) is 194 cm³/mol. The van der Waals surface area contributed by atoms with E-state index in [0.717, 1.165) is 57.3 Å². The van der Waals surface area contributed by atoms with Crippen LogP contribution in [-0.4, -0.2) is 83.7 Å². The van der Waals surface area contributed by atoms with Gasteiger partial charge in [-0.2, -0.15) is 4.98 Å². The number of nitrogens with one attached hydrogen (secondary N) is 2. The predicted octanol–water partition coefficient (Wildman–Crippen LogP) is 6.49. The van der Waals surface area contributed by atoms with Crippen LogP contribution in [0, 0.1) is 11.6 Å². The number of benzene rings is 3. The third-order valence-corrected chi connectivity index (χ3v) is 10.6. The molecule has 3 fully saturated rings. The van der Waals surface area contributed by atoms with E-state index in [9.17, 15) is 9.18 Å². The molecule has 2 aromatic heterocycles. The number of fused-ring (bicyclic) bond motifs is 3. The van der Waals surface area contributed by atoms with Gasteiger partial charge in [-0.15, -0.1) is 0 Å². The molecule has 0 amide bonds. The minimum absolute atomic E-state index is 0.0364. The summed E-state index contributed by atoms with van der Waals surface area (Å²) in [4.78, 5) is 26.6. The molecule has 3 aliphatic rings. The van der Waals surface area contributed by atoms with Gasteiger partial charge in [0.05, 0.1) is 23.6 Å². The molecule has 2 N–H and O–H groups in total. The molecule has 3 aromatic carbocycles. The molecule has 13 heteroatoms. The van der Waals surface area contributed by atoms with Gasteiger partial charge in [0.1, 0.15) is 43.0 Å². The molecule has 10 nitrogen and oxygen atoms in total. The van der Waals surface area contributed by atoms with Gasteiger partial charge < -0.3 is 24.3 Å². The van der Waals surface area contributed by atoms with Crippen LogP contribution in [0.2, 0.25) is 0 Å². The lowest BCUT2D eigenvalue weighted by Crippen LogP contribution is -2.43. The van der Waals surface area contributed by atoms with E-state index >= 15 is 8.78 Å². The first kappa shape index (κ1) is 35.3. The topological polar surface area (TPSA) is 111 Å². The lowest BCUT2D eigenvalue weighted by atomic mass is 9.95. The summed E-state index contributed by atoms with van der Waals surface area (Å²) in [5.74, 6) is -1.22. The number of aromatic amines is 1. The van der Waals surface area contributed by atoms with Crippen LogP contribution in [0.15, 0.2) is 65.6 Å². The normalized spacial score (nSPS) is 21.9. The lowest BCUT2D eigenvalue weighted by Gasteiger charge is -2.30. The highest BCUT2D eigenvalue weighted by Gasteiger charge is 2.49. The number of nitrogens with zero attached hydrogens (tertiary/aromatic N) is 3. The standard InChI is InChI=1S/C40H42F3N5O5/c41-27-19-40(12-6-14-48(40)22-27)24-53-39-46-36-31(38(49)47-39)21-45-35(34(36)43)30-18-29(52-23-25-7-2-1-3-8-25)17-26-10-11-32(42)37(33(26)30)51-16-15-50-28-9-4-5-13-44-20-28/h1-3,7-8,10-11,17-18,21,27-28,44H,4-6,9,12-16,19-20,22-24H2,(H,46,47,49)/t27-,28-,40+/m1/s1. The fraction of sp³-hybridized carbons (Fsp3) is 0.425. The molecule has 0 unspecified atom stereocenters. The average Bonchev–Trinajstić information content (AvgIpc) is 3.56. The number of pyridine rings is 1. The van der Waals surface area contributed by atoms with Crippen molar-refractivity contribution in [2.24, 2.45) is 0 Å². The average molecular weight is 730 g/mol. The molecule has 0 radical (unpaired) electrons. The van der Waals surface area contributed by atoms with E-state index in [1.807, 2.05) is 30.3 Å². The second kappa shape index (κ2) is 15.3. The van der Waals surface area contributed by atoms with Crippen molar-refractivity contribution in [3.8, 4) is 28.8 Å². The number of ether oxygens (including phenoxy) is 4. The van der Waals surface area contributed by atoms with E-state index in [0.29, 0.717) is 24.1 Å². The van der Waals surface area contributed by atoms with Gasteiger partial charge in [0.15, 0.2) is 17.4 Å². The zero-order valence-corrected chi connectivity index (χ0v) is 29.3. The third-order valence-electron chi connectivity index (χ3n) is 10.6. The van der Waals surface area contributed by atoms with Crippen LogP contribution in [0.1, 0.15) is 44.1 Å². The van der Waals surface area contributed by atoms with Gasteiger partial charge >= 0.3 is 0 Å². The monoisotopic (exact) mass is 729 g/mol. The van der Waals surface area contributed by atoms with Crippen molar-refractivity contribution in [1.29, 1.82) is 0 Å². The van der Waals surface area contributed by atoms with E-state index in [-0.39, 0.29) is 71.8 Å². The molecule has 5 aromatic rings. The van der Waals surface area contributed by atoms with Crippen LogP contribution in [0.3, 0.4) is 0 Å². The van der Waals surface area contributed by atoms with Crippen molar-refractivity contribution >= 4 is 21.7 Å². The molecule has 3 saturated heterocycles. The smallest absolute Gasteiger partial charge is 0.297 e. The number of hydrogen-bond donors (Lipinski definition) is 2. The Hall–Kier alpha value is -4.72. The van der Waals surface area contributed by atoms with Crippen LogP contribution in [0.5, 0.6) is 17.5 Å². The van der Waals surface area contributed by atoms with Crippen molar-refractivity contribution in [2.75, 3.05) is 46.0 Å². The Balaban J connectivity index is 1.15. The molecule has 3 atom stereocenters. The largest absolute Gasteiger partial charge is 0.489 e. The molecule has 0 aliphatic carbocycles. The molecule has 5 heterocycles. The van der Waals surface area contributed by atoms with Gasteiger partial charge in [0.2, 0.25) is 0 Å². The van der Waals surface area contributed by atoms with Gasteiger partial charge in [-0.3, -0.25) is 19.7 Å². The molecule has 3 aliphatic heterocycles. The number of halogens is 3. The van der Waals surface area contributed by atoms with E-state index in [2.05, 4.69) is 25.2 Å². The molecule has 0 bridgehead atoms. The van der Waals surface area contributed by atoms with Gasteiger partial charge in [0.25, 0.3) is 11.6 Å². The first-order chi connectivity index (χ1) is 25.9. The molecule has 278 valence electrons. The van der Waals surface area contributed by atoms with Gasteiger partial charge in [-0.05, 0) is 74.3 Å². The van der Waals surface area contributed by atoms with Crippen molar-refractivity contribution in [2.45, 2.75) is 62.9 Å². The Kier molecular flexibility index (Phi) is 10.2. The Morgan fingerprint density at radius 2 is 1.89 bits per heavy atom. The summed E-state index contributed by atoms with van der Waals surface area (Å²) >= 11 is 0. The third kappa shape index (κ3) is 7.42. The maximum absolute atomic E-state index is 16.8. The quantitative estimate of drug-likeness (QED) is 0.139. The van der Waals surface area contributed by atoms with E-state index < -0.39 is 28.9 Å². The maximum atomic E-state index is 16.8. The summed E-state index contributed by atoms with van der Waals surface area (Å²) in [5, 5.41) is 4.09. The van der Waals surface area contributed by atoms with E-state index in [4.69, 9.17) is 18.9 Å². The van der Waals surface area contributed by atoms with Crippen LogP contribution in [0.4, 0.5) is 13.2 Å². The fourth-order valence-electron chi connectivity index (χ4n) is 7.97. The highest BCUT2D eigenvalue weighted by molar-refractivity contribution is 6.02. The number of hydrogen-bond acceptors (Lipinski definition) is 9. The lowest BCUT2D eigenvalue weighted by molar-refractivity contribution is 0.0316. The Morgan fingerprint density at radius 1 is 1.00 bits per heavy atom. The van der Waals surface area contributed by atoms with E-state index in [1.165, 1.54) is 12.3 Å². The highest BCUT2D eigenvalue weighted by atomic mass is 19.1. The summed E-state index contributed by atoms with van der Waals surface area (Å²) < 4.78 is 71.1. The van der Waals surface area contributed by atoms with Crippen molar-refractivity contribution in [3.05, 3.63) is 88.3 Å². The van der Waals surface area contributed by atoms with Crippen molar-refractivity contribution in [1.82, 2.24) is 25.2 Å². The summed E-state index contributed by atoms with van der Waals surface area (Å²) in [6.45, 7) is 3.44. The second-order valence-corrected chi connectivity index (χ2v) is 14.2. The first-order valence-corrected chi connectivity index (χ1v) is 18.4. The SMILES string of the molecule is O=c1[nH]c(OC[C@@]23CCCN2C[C@H](F)C3)nc2c(F)c(-c3cc(OCc4ccccc4)cc4ccc(F)c(OCCO[C@@H]5CCCCNC5)c34)ncc12. The minimum Gasteiger partial charge on any atom is -0.489 e. The Morgan fingerprint density at radius 3 is 2.77 bits per heavy atom. The van der Waals surface area contributed by atoms with Crippen LogP contribution in [0.25, 0.3) is 32.9 Å². The van der Waals surface area contributed by atoms with Crippen LogP contribution in [-0.2, 0) is 11.3 Å². The molecular weight excluding hydrogens is 687 g/mol. The molecule has 53 heavy (non-hydrogen) atoms. The molecule has 0 spiro atoms.